The van der Waals surface area contributed by atoms with E-state index >= 15 is 0 Å². The number of nitrogens with zero attached hydrogens (tertiary/aromatic N) is 5. The van der Waals surface area contributed by atoms with Crippen LogP contribution in [0.3, 0.4) is 0 Å². The molecule has 0 spiro atoms. The van der Waals surface area contributed by atoms with Crippen molar-refractivity contribution in [2.24, 2.45) is 5.92 Å². The predicted octanol–water partition coefficient (Wildman–Crippen LogP) is 6.84. The van der Waals surface area contributed by atoms with E-state index in [9.17, 15) is 0 Å². The first-order valence-corrected chi connectivity index (χ1v) is 12.3. The van der Waals surface area contributed by atoms with Gasteiger partial charge in [-0.1, -0.05) is 59.7 Å². The molecule has 4 heterocycles. The van der Waals surface area contributed by atoms with Crippen LogP contribution in [0.4, 0.5) is 17.2 Å². The number of pyridine rings is 1. The molecule has 2 aromatic heterocycles. The summed E-state index contributed by atoms with van der Waals surface area (Å²) in [6, 6.07) is 8.86. The third kappa shape index (κ3) is 3.24. The second-order valence-corrected chi connectivity index (χ2v) is 10.2. The molecule has 2 aliphatic heterocycles. The van der Waals surface area contributed by atoms with Gasteiger partial charge in [-0.2, -0.15) is 0 Å². The van der Waals surface area contributed by atoms with E-state index in [1.807, 2.05) is 18.6 Å². The standard InChI is InChI=1S/C28H35N5/c1-8-19-18(6)28-32(7)27-24(33(28)23-12-10-9-11-20(19)23)15-30-26(31-27)25-21(16(2)3)13-29-14-22(25)17(4)5/h9-19,28H,8H2,1-7H3/t18?,19-,28?/m0/s1. The van der Waals surface area contributed by atoms with Crippen LogP contribution in [-0.2, 0) is 0 Å². The average Bonchev–Trinajstić information content (AvgIpc) is 3.11. The zero-order valence-electron chi connectivity index (χ0n) is 20.9. The topological polar surface area (TPSA) is 45.2 Å². The maximum atomic E-state index is 5.22. The van der Waals surface area contributed by atoms with Crippen molar-refractivity contribution in [3.63, 3.8) is 0 Å². The maximum Gasteiger partial charge on any atom is 0.162 e. The zero-order chi connectivity index (χ0) is 23.4. The van der Waals surface area contributed by atoms with Crippen molar-refractivity contribution in [3.05, 3.63) is 59.5 Å². The van der Waals surface area contributed by atoms with Gasteiger partial charge in [0.25, 0.3) is 0 Å². The lowest BCUT2D eigenvalue weighted by Crippen LogP contribution is -2.48. The first-order chi connectivity index (χ1) is 15.8. The van der Waals surface area contributed by atoms with E-state index in [0.29, 0.717) is 23.7 Å². The molecule has 0 saturated heterocycles. The Morgan fingerprint density at radius 1 is 0.939 bits per heavy atom. The van der Waals surface area contributed by atoms with Gasteiger partial charge in [-0.3, -0.25) is 4.98 Å². The van der Waals surface area contributed by atoms with Crippen LogP contribution in [0.1, 0.15) is 82.4 Å². The molecule has 3 aromatic rings. The fourth-order valence-corrected chi connectivity index (χ4v) is 5.95. The summed E-state index contributed by atoms with van der Waals surface area (Å²) >= 11 is 0. The molecular weight excluding hydrogens is 406 g/mol. The lowest BCUT2D eigenvalue weighted by Gasteiger charge is -2.44. The van der Waals surface area contributed by atoms with Crippen LogP contribution < -0.4 is 9.80 Å². The second-order valence-electron chi connectivity index (χ2n) is 10.2. The number of fused-ring (bicyclic) bond motifs is 5. The molecule has 5 rings (SSSR count). The highest BCUT2D eigenvalue weighted by atomic mass is 15.4. The lowest BCUT2D eigenvalue weighted by molar-refractivity contribution is 0.354. The molecule has 5 nitrogen and oxygen atoms in total. The second kappa shape index (κ2) is 8.12. The summed E-state index contributed by atoms with van der Waals surface area (Å²) in [5, 5.41) is 0. The molecular formula is C28H35N5. The van der Waals surface area contributed by atoms with Crippen LogP contribution in [0.5, 0.6) is 0 Å². The fraction of sp³-hybridized carbons (Fsp3) is 0.464. The molecule has 3 atom stereocenters. The Bertz CT molecular complexity index is 1160. The molecule has 2 unspecified atom stereocenters. The largest absolute Gasteiger partial charge is 0.337 e. The lowest BCUT2D eigenvalue weighted by atomic mass is 9.78. The molecule has 0 amide bonds. The zero-order valence-corrected chi connectivity index (χ0v) is 20.9. The fourth-order valence-electron chi connectivity index (χ4n) is 5.95. The van der Waals surface area contributed by atoms with Gasteiger partial charge < -0.3 is 9.80 Å². The summed E-state index contributed by atoms with van der Waals surface area (Å²) in [6.45, 7) is 13.6. The Balaban J connectivity index is 1.69. The van der Waals surface area contributed by atoms with Gasteiger partial charge in [-0.05, 0) is 46.9 Å². The van der Waals surface area contributed by atoms with E-state index in [0.717, 1.165) is 29.3 Å². The van der Waals surface area contributed by atoms with Crippen molar-refractivity contribution in [1.82, 2.24) is 15.0 Å². The van der Waals surface area contributed by atoms with Crippen molar-refractivity contribution < 1.29 is 0 Å². The first kappa shape index (κ1) is 21.9. The van der Waals surface area contributed by atoms with Gasteiger partial charge in [-0.25, -0.2) is 9.97 Å². The molecule has 33 heavy (non-hydrogen) atoms. The third-order valence-corrected chi connectivity index (χ3v) is 7.62. The predicted molar refractivity (Wildman–Crippen MR) is 136 cm³/mol. The molecule has 5 heteroatoms. The van der Waals surface area contributed by atoms with Gasteiger partial charge >= 0.3 is 0 Å². The Hall–Kier alpha value is -2.95. The molecule has 0 bridgehead atoms. The van der Waals surface area contributed by atoms with Crippen molar-refractivity contribution >= 4 is 17.2 Å². The minimum Gasteiger partial charge on any atom is -0.337 e. The first-order valence-electron chi connectivity index (χ1n) is 12.3. The van der Waals surface area contributed by atoms with Crippen LogP contribution in [0.25, 0.3) is 11.4 Å². The molecule has 0 N–H and O–H groups in total. The minimum atomic E-state index is 0.246. The van der Waals surface area contributed by atoms with Crippen LogP contribution in [-0.4, -0.2) is 28.2 Å². The number of hydrogen-bond donors (Lipinski definition) is 0. The van der Waals surface area contributed by atoms with E-state index < -0.39 is 0 Å². The van der Waals surface area contributed by atoms with Gasteiger partial charge in [0.05, 0.1) is 6.20 Å². The smallest absolute Gasteiger partial charge is 0.162 e. The number of para-hydroxylation sites is 1. The third-order valence-electron chi connectivity index (χ3n) is 7.62. The number of anilines is 3. The van der Waals surface area contributed by atoms with Crippen molar-refractivity contribution in [2.45, 2.75) is 71.9 Å². The van der Waals surface area contributed by atoms with Crippen LogP contribution in [0, 0.1) is 5.92 Å². The molecule has 1 aromatic carbocycles. The summed E-state index contributed by atoms with van der Waals surface area (Å²) < 4.78 is 0. The Morgan fingerprint density at radius 2 is 1.61 bits per heavy atom. The summed E-state index contributed by atoms with van der Waals surface area (Å²) in [7, 11) is 2.19. The van der Waals surface area contributed by atoms with E-state index in [4.69, 9.17) is 9.97 Å². The quantitative estimate of drug-likeness (QED) is 0.443. The molecule has 0 radical (unpaired) electrons. The summed E-state index contributed by atoms with van der Waals surface area (Å²) in [5.74, 6) is 3.54. The SMILES string of the molecule is CC[C@@H]1c2ccccc2N2c3cnc(-c4c(C(C)C)cncc4C(C)C)nc3N(C)C2C1C. The van der Waals surface area contributed by atoms with Crippen molar-refractivity contribution in [3.8, 4) is 11.4 Å². The number of aromatic nitrogens is 3. The number of benzene rings is 1. The molecule has 0 aliphatic carbocycles. The van der Waals surface area contributed by atoms with Gasteiger partial charge in [-0.15, -0.1) is 0 Å². The Kier molecular flexibility index (Phi) is 5.38. The summed E-state index contributed by atoms with van der Waals surface area (Å²) in [6.07, 6.45) is 7.39. The molecule has 0 fully saturated rings. The van der Waals surface area contributed by atoms with Crippen LogP contribution in [0.2, 0.25) is 0 Å². The normalized spacial score (nSPS) is 21.4. The highest BCUT2D eigenvalue weighted by Crippen LogP contribution is 2.53. The van der Waals surface area contributed by atoms with Crippen molar-refractivity contribution in [2.75, 3.05) is 16.8 Å². The number of hydrogen-bond acceptors (Lipinski definition) is 5. The van der Waals surface area contributed by atoms with E-state index in [1.54, 1.807) is 0 Å². The average molecular weight is 442 g/mol. The van der Waals surface area contributed by atoms with Crippen LogP contribution in [0.15, 0.2) is 42.9 Å². The summed E-state index contributed by atoms with van der Waals surface area (Å²) in [4.78, 5) is 19.6. The van der Waals surface area contributed by atoms with E-state index in [1.165, 1.54) is 22.4 Å². The monoisotopic (exact) mass is 441 g/mol. The van der Waals surface area contributed by atoms with Crippen LogP contribution >= 0.6 is 0 Å². The minimum absolute atomic E-state index is 0.246. The Labute approximate surface area is 197 Å². The molecule has 2 aliphatic rings. The highest BCUT2D eigenvalue weighted by molar-refractivity contribution is 5.84. The van der Waals surface area contributed by atoms with Gasteiger partial charge in [0.2, 0.25) is 0 Å². The maximum absolute atomic E-state index is 5.22. The van der Waals surface area contributed by atoms with Gasteiger partial charge in [0.15, 0.2) is 11.6 Å². The molecule has 172 valence electrons. The van der Waals surface area contributed by atoms with Gasteiger partial charge in [0, 0.05) is 36.6 Å². The Morgan fingerprint density at radius 3 is 2.24 bits per heavy atom. The van der Waals surface area contributed by atoms with Crippen molar-refractivity contribution in [1.29, 1.82) is 0 Å². The molecule has 0 saturated carbocycles. The summed E-state index contributed by atoms with van der Waals surface area (Å²) in [5.41, 5.74) is 7.41. The highest BCUT2D eigenvalue weighted by Gasteiger charge is 2.46. The number of rotatable bonds is 4. The van der Waals surface area contributed by atoms with E-state index in [2.05, 4.69) is 87.6 Å². The van der Waals surface area contributed by atoms with E-state index in [-0.39, 0.29) is 6.17 Å². The van der Waals surface area contributed by atoms with Gasteiger partial charge in [0.1, 0.15) is 11.9 Å².